The van der Waals surface area contributed by atoms with Gasteiger partial charge in [-0.1, -0.05) is 17.7 Å². The number of rotatable bonds is 3. The Morgan fingerprint density at radius 2 is 1.88 bits per heavy atom. The van der Waals surface area contributed by atoms with Crippen molar-refractivity contribution in [3.63, 3.8) is 0 Å². The van der Waals surface area contributed by atoms with Crippen molar-refractivity contribution in [3.05, 3.63) is 71.7 Å². The van der Waals surface area contributed by atoms with Crippen molar-refractivity contribution in [1.29, 1.82) is 0 Å². The highest BCUT2D eigenvalue weighted by Crippen LogP contribution is 2.21. The molecular formula is C20H18N4O2. The number of hydrogen-bond donors (Lipinski definition) is 0. The van der Waals surface area contributed by atoms with Crippen LogP contribution >= 0.6 is 0 Å². The van der Waals surface area contributed by atoms with Gasteiger partial charge in [0.2, 0.25) is 0 Å². The van der Waals surface area contributed by atoms with Gasteiger partial charge >= 0.3 is 0 Å². The molecule has 3 aromatic heterocycles. The Hall–Kier alpha value is -3.41. The Morgan fingerprint density at radius 3 is 2.58 bits per heavy atom. The van der Waals surface area contributed by atoms with Gasteiger partial charge in [0.05, 0.1) is 6.26 Å². The monoisotopic (exact) mass is 346 g/mol. The lowest BCUT2D eigenvalue weighted by Crippen LogP contribution is -2.27. The fourth-order valence-electron chi connectivity index (χ4n) is 2.84. The van der Waals surface area contributed by atoms with Gasteiger partial charge in [0, 0.05) is 24.5 Å². The zero-order valence-corrected chi connectivity index (χ0v) is 14.8. The largest absolute Gasteiger partial charge is 0.463 e. The second kappa shape index (κ2) is 6.15. The van der Waals surface area contributed by atoms with E-state index in [0.717, 1.165) is 16.9 Å². The summed E-state index contributed by atoms with van der Waals surface area (Å²) >= 11 is 0. The normalized spacial score (nSPS) is 11.0. The molecule has 1 amide bonds. The molecule has 0 atom stereocenters. The molecule has 26 heavy (non-hydrogen) atoms. The zero-order valence-electron chi connectivity index (χ0n) is 14.8. The molecule has 1 aromatic carbocycles. The maximum absolute atomic E-state index is 12.9. The molecule has 0 N–H and O–H groups in total. The number of amides is 1. The summed E-state index contributed by atoms with van der Waals surface area (Å²) in [7, 11) is 1.75. The van der Waals surface area contributed by atoms with Crippen LogP contribution in [0.25, 0.3) is 17.1 Å². The minimum Gasteiger partial charge on any atom is -0.463 e. The lowest BCUT2D eigenvalue weighted by atomic mass is 10.2. The lowest BCUT2D eigenvalue weighted by molar-refractivity contribution is 0.0988. The number of anilines is 1. The van der Waals surface area contributed by atoms with Crippen molar-refractivity contribution in [1.82, 2.24) is 14.6 Å². The van der Waals surface area contributed by atoms with E-state index in [-0.39, 0.29) is 5.91 Å². The van der Waals surface area contributed by atoms with E-state index in [1.54, 1.807) is 28.8 Å². The van der Waals surface area contributed by atoms with E-state index < -0.39 is 0 Å². The van der Waals surface area contributed by atoms with Gasteiger partial charge in [0.1, 0.15) is 11.4 Å². The smallest absolute Gasteiger partial charge is 0.276 e. The van der Waals surface area contributed by atoms with Gasteiger partial charge in [-0.15, -0.1) is 0 Å². The van der Waals surface area contributed by atoms with Crippen molar-refractivity contribution in [3.8, 4) is 11.5 Å². The van der Waals surface area contributed by atoms with Gasteiger partial charge in [-0.25, -0.2) is 9.50 Å². The van der Waals surface area contributed by atoms with E-state index in [2.05, 4.69) is 10.1 Å². The highest BCUT2D eigenvalue weighted by atomic mass is 16.3. The maximum atomic E-state index is 12.9. The van der Waals surface area contributed by atoms with Crippen LogP contribution in [0.2, 0.25) is 0 Å². The summed E-state index contributed by atoms with van der Waals surface area (Å²) in [6, 6.07) is 15.0. The molecule has 0 spiro atoms. The van der Waals surface area contributed by atoms with Gasteiger partial charge in [-0.2, -0.15) is 5.10 Å². The number of hydrogen-bond acceptors (Lipinski definition) is 4. The summed E-state index contributed by atoms with van der Waals surface area (Å²) in [5.41, 5.74) is 4.47. The number of carbonyl (C=O) groups excluding carboxylic acids is 1. The standard InChI is InChI=1S/C20H18N4O2/c1-13-6-8-15(9-7-13)23(3)20(25)17-11-14(2)24-19(21-17)12-16(22-24)18-5-4-10-26-18/h4-12H,1-3H3. The molecule has 4 rings (SSSR count). The second-order valence-electron chi connectivity index (χ2n) is 6.26. The van der Waals surface area contributed by atoms with Crippen LogP contribution in [0.3, 0.4) is 0 Å². The Labute approximate surface area is 150 Å². The van der Waals surface area contributed by atoms with Crippen LogP contribution in [0.4, 0.5) is 5.69 Å². The van der Waals surface area contributed by atoms with Gasteiger partial charge in [0.25, 0.3) is 5.91 Å². The molecule has 3 heterocycles. The first-order chi connectivity index (χ1) is 12.5. The van der Waals surface area contributed by atoms with Crippen LogP contribution in [0.15, 0.2) is 59.2 Å². The average molecular weight is 346 g/mol. The lowest BCUT2D eigenvalue weighted by Gasteiger charge is -2.17. The Balaban J connectivity index is 1.72. The average Bonchev–Trinajstić information content (AvgIpc) is 3.30. The van der Waals surface area contributed by atoms with Crippen LogP contribution in [-0.2, 0) is 0 Å². The van der Waals surface area contributed by atoms with Crippen molar-refractivity contribution in [2.75, 3.05) is 11.9 Å². The minimum absolute atomic E-state index is 0.166. The SMILES string of the molecule is Cc1ccc(N(C)C(=O)c2cc(C)n3nc(-c4ccco4)cc3n2)cc1. The summed E-state index contributed by atoms with van der Waals surface area (Å²) in [5, 5.41) is 4.50. The van der Waals surface area contributed by atoms with Crippen LogP contribution in [0.5, 0.6) is 0 Å². The van der Waals surface area contributed by atoms with Gasteiger partial charge < -0.3 is 9.32 Å². The highest BCUT2D eigenvalue weighted by molar-refractivity contribution is 6.04. The van der Waals surface area contributed by atoms with Crippen molar-refractivity contribution < 1.29 is 9.21 Å². The van der Waals surface area contributed by atoms with Crippen LogP contribution in [0, 0.1) is 13.8 Å². The van der Waals surface area contributed by atoms with Crippen LogP contribution < -0.4 is 4.90 Å². The summed E-state index contributed by atoms with van der Waals surface area (Å²) in [6.45, 7) is 3.91. The van der Waals surface area contributed by atoms with E-state index >= 15 is 0 Å². The number of furan rings is 1. The summed E-state index contributed by atoms with van der Waals surface area (Å²) in [6.07, 6.45) is 1.60. The van der Waals surface area contributed by atoms with Gasteiger partial charge in [-0.05, 0) is 44.2 Å². The fourth-order valence-corrected chi connectivity index (χ4v) is 2.84. The van der Waals surface area contributed by atoms with E-state index in [4.69, 9.17) is 4.42 Å². The summed E-state index contributed by atoms with van der Waals surface area (Å²) in [4.78, 5) is 19.0. The first kappa shape index (κ1) is 16.1. The van der Waals surface area contributed by atoms with Gasteiger partial charge in [-0.3, -0.25) is 4.79 Å². The number of aromatic nitrogens is 3. The van der Waals surface area contributed by atoms with E-state index in [1.165, 1.54) is 0 Å². The van der Waals surface area contributed by atoms with Gasteiger partial charge in [0.15, 0.2) is 11.4 Å². The molecule has 0 fully saturated rings. The number of fused-ring (bicyclic) bond motifs is 1. The maximum Gasteiger partial charge on any atom is 0.276 e. The summed E-state index contributed by atoms with van der Waals surface area (Å²) < 4.78 is 7.10. The predicted octanol–water partition coefficient (Wildman–Crippen LogP) is 3.88. The van der Waals surface area contributed by atoms with Crippen molar-refractivity contribution >= 4 is 17.2 Å². The first-order valence-corrected chi connectivity index (χ1v) is 8.29. The third kappa shape index (κ3) is 2.75. The molecule has 6 nitrogen and oxygen atoms in total. The molecule has 6 heteroatoms. The molecule has 0 saturated heterocycles. The van der Waals surface area contributed by atoms with E-state index in [1.807, 2.05) is 56.3 Å². The number of carbonyl (C=O) groups is 1. The topological polar surface area (TPSA) is 63.6 Å². The Morgan fingerprint density at radius 1 is 1.12 bits per heavy atom. The molecular weight excluding hydrogens is 328 g/mol. The molecule has 130 valence electrons. The van der Waals surface area contributed by atoms with Crippen molar-refractivity contribution in [2.24, 2.45) is 0 Å². The van der Waals surface area contributed by atoms with Crippen LogP contribution in [-0.4, -0.2) is 27.6 Å². The minimum atomic E-state index is -0.166. The molecule has 0 aliphatic heterocycles. The second-order valence-corrected chi connectivity index (χ2v) is 6.26. The molecule has 0 aliphatic rings. The zero-order chi connectivity index (χ0) is 18.3. The van der Waals surface area contributed by atoms with Crippen LogP contribution in [0.1, 0.15) is 21.7 Å². The first-order valence-electron chi connectivity index (χ1n) is 8.29. The van der Waals surface area contributed by atoms with E-state index in [9.17, 15) is 4.79 Å². The Kier molecular flexibility index (Phi) is 3.80. The highest BCUT2D eigenvalue weighted by Gasteiger charge is 2.18. The molecule has 0 aliphatic carbocycles. The third-order valence-electron chi connectivity index (χ3n) is 4.32. The molecule has 0 bridgehead atoms. The third-order valence-corrected chi connectivity index (χ3v) is 4.32. The fraction of sp³-hybridized carbons (Fsp3) is 0.150. The Bertz CT molecular complexity index is 1080. The molecule has 0 saturated carbocycles. The summed E-state index contributed by atoms with van der Waals surface area (Å²) in [5.74, 6) is 0.500. The quantitative estimate of drug-likeness (QED) is 0.565. The molecule has 4 aromatic rings. The van der Waals surface area contributed by atoms with Crippen molar-refractivity contribution in [2.45, 2.75) is 13.8 Å². The number of aryl methyl sites for hydroxylation is 2. The number of benzene rings is 1. The number of nitrogens with zero attached hydrogens (tertiary/aromatic N) is 4. The molecule has 0 radical (unpaired) electrons. The predicted molar refractivity (Wildman–Crippen MR) is 99.3 cm³/mol. The molecule has 0 unspecified atom stereocenters. The van der Waals surface area contributed by atoms with E-state index in [0.29, 0.717) is 22.8 Å².